The molecule has 0 spiro atoms. The molecule has 2 N–H and O–H groups in total. The van der Waals surface area contributed by atoms with Crippen molar-refractivity contribution < 1.29 is 4.42 Å². The summed E-state index contributed by atoms with van der Waals surface area (Å²) >= 11 is 0. The molecule has 8 rings (SSSR count). The Kier molecular flexibility index (Phi) is 4.76. The molecule has 4 heteroatoms. The van der Waals surface area contributed by atoms with E-state index >= 15 is 0 Å². The quantitative estimate of drug-likeness (QED) is 0.193. The second kappa shape index (κ2) is 8.47. The molecule has 4 nitrogen and oxygen atoms in total. The van der Waals surface area contributed by atoms with E-state index in [2.05, 4.69) is 95.7 Å². The van der Waals surface area contributed by atoms with Crippen molar-refractivity contribution in [3.8, 4) is 0 Å². The van der Waals surface area contributed by atoms with E-state index in [9.17, 15) is 0 Å². The number of fused-ring (bicyclic) bond motifs is 10. The number of nitrogens with two attached hydrogens (primary N) is 1. The van der Waals surface area contributed by atoms with E-state index in [-0.39, 0.29) is 5.92 Å². The fourth-order valence-corrected chi connectivity index (χ4v) is 6.15. The number of nitrogens with zero attached hydrogens (tertiary/aromatic N) is 2. The van der Waals surface area contributed by atoms with Crippen LogP contribution in [0.15, 0.2) is 131 Å². The third-order valence-electron chi connectivity index (χ3n) is 7.90. The van der Waals surface area contributed by atoms with Crippen molar-refractivity contribution in [2.24, 2.45) is 11.0 Å². The van der Waals surface area contributed by atoms with Gasteiger partial charge in [0.15, 0.2) is 0 Å². The monoisotopic (exact) mass is 503 g/mol. The number of aromatic nitrogens is 1. The number of hydrogen-bond donors (Lipinski definition) is 1. The Morgan fingerprint density at radius 1 is 0.744 bits per heavy atom. The Balaban J connectivity index is 1.59. The maximum atomic E-state index is 6.55. The Bertz CT molecular complexity index is 2170. The van der Waals surface area contributed by atoms with Gasteiger partial charge in [0.25, 0.3) is 0 Å². The molecule has 0 saturated heterocycles. The second-order valence-electron chi connectivity index (χ2n) is 10.1. The number of allylic oxidation sites excluding steroid dienone is 4. The van der Waals surface area contributed by atoms with Gasteiger partial charge in [-0.2, -0.15) is 5.10 Å². The lowest BCUT2D eigenvalue weighted by Gasteiger charge is -2.19. The first kappa shape index (κ1) is 21.9. The van der Waals surface area contributed by atoms with Crippen molar-refractivity contribution in [3.63, 3.8) is 0 Å². The first-order valence-corrected chi connectivity index (χ1v) is 13.3. The molecule has 7 aromatic rings. The van der Waals surface area contributed by atoms with Crippen LogP contribution in [0.4, 0.5) is 5.69 Å². The standard InChI is InChI=1S/C35H25N3O/c36-28-19-9-6-16-25(28)33(22-12-2-1-3-13-22)37-38-29-20-10-7-17-26(29)31-32-27-18-8-11-21-30(27)39-35(32)24-15-5-4-14-23(24)34(31)38/h1-12,14-22H,13,36H2. The molecule has 1 atom stereocenters. The summed E-state index contributed by atoms with van der Waals surface area (Å²) in [7, 11) is 0. The van der Waals surface area contributed by atoms with E-state index in [1.54, 1.807) is 0 Å². The van der Waals surface area contributed by atoms with E-state index in [1.165, 1.54) is 0 Å². The lowest BCUT2D eigenvalue weighted by Crippen LogP contribution is -2.18. The number of hydrogen-bond acceptors (Lipinski definition) is 3. The fraction of sp³-hybridized carbons (Fsp3) is 0.0571. The van der Waals surface area contributed by atoms with Gasteiger partial charge in [-0.3, -0.25) is 0 Å². The summed E-state index contributed by atoms with van der Waals surface area (Å²) in [6.45, 7) is 0. The van der Waals surface area contributed by atoms with Crippen LogP contribution < -0.4 is 5.73 Å². The molecule has 1 unspecified atom stereocenters. The van der Waals surface area contributed by atoms with Crippen molar-refractivity contribution >= 4 is 65.9 Å². The molecule has 2 heterocycles. The van der Waals surface area contributed by atoms with Crippen molar-refractivity contribution in [3.05, 3.63) is 127 Å². The highest BCUT2D eigenvalue weighted by molar-refractivity contribution is 6.35. The first-order valence-electron chi connectivity index (χ1n) is 13.3. The minimum atomic E-state index is 0.112. The number of rotatable bonds is 3. The Morgan fingerprint density at radius 2 is 1.46 bits per heavy atom. The van der Waals surface area contributed by atoms with Crippen molar-refractivity contribution in [2.75, 3.05) is 5.73 Å². The number of para-hydroxylation sites is 3. The first-order chi connectivity index (χ1) is 19.3. The summed E-state index contributed by atoms with van der Waals surface area (Å²) < 4.78 is 8.66. The van der Waals surface area contributed by atoms with Gasteiger partial charge >= 0.3 is 0 Å². The van der Waals surface area contributed by atoms with Crippen LogP contribution in [0.5, 0.6) is 0 Å². The highest BCUT2D eigenvalue weighted by Gasteiger charge is 2.24. The molecular weight excluding hydrogens is 478 g/mol. The summed E-state index contributed by atoms with van der Waals surface area (Å²) in [6, 6.07) is 33.4. The van der Waals surface area contributed by atoms with Crippen LogP contribution in [0.1, 0.15) is 12.0 Å². The third-order valence-corrected chi connectivity index (χ3v) is 7.90. The van der Waals surface area contributed by atoms with Gasteiger partial charge in [0.1, 0.15) is 11.2 Å². The van der Waals surface area contributed by atoms with Crippen LogP contribution in [0.25, 0.3) is 54.5 Å². The Hall–Kier alpha value is -5.09. The maximum Gasteiger partial charge on any atom is 0.144 e. The van der Waals surface area contributed by atoms with E-state index in [1.807, 2.05) is 30.3 Å². The Labute approximate surface area is 224 Å². The lowest BCUT2D eigenvalue weighted by molar-refractivity contribution is 0.673. The van der Waals surface area contributed by atoms with Crippen LogP contribution in [0.2, 0.25) is 0 Å². The fourth-order valence-electron chi connectivity index (χ4n) is 6.15. The molecule has 0 bridgehead atoms. The molecule has 0 radical (unpaired) electrons. The predicted octanol–water partition coefficient (Wildman–Crippen LogP) is 8.81. The zero-order valence-electron chi connectivity index (χ0n) is 21.2. The summed E-state index contributed by atoms with van der Waals surface area (Å²) in [5.74, 6) is 0.112. The smallest absolute Gasteiger partial charge is 0.144 e. The van der Waals surface area contributed by atoms with Crippen LogP contribution in [0, 0.1) is 5.92 Å². The van der Waals surface area contributed by atoms with Gasteiger partial charge in [0.2, 0.25) is 0 Å². The SMILES string of the molecule is Nc1ccccc1C(=Nn1c2ccccc2c2c3c4ccccc4oc3c3ccccc3c21)C1C=CC=CC1. The zero-order chi connectivity index (χ0) is 25.9. The van der Waals surface area contributed by atoms with Gasteiger partial charge in [-0.25, -0.2) is 4.68 Å². The van der Waals surface area contributed by atoms with E-state index in [0.717, 1.165) is 77.9 Å². The molecule has 186 valence electrons. The highest BCUT2D eigenvalue weighted by atomic mass is 16.3. The molecule has 0 saturated carbocycles. The minimum absolute atomic E-state index is 0.112. The van der Waals surface area contributed by atoms with Crippen molar-refractivity contribution in [2.45, 2.75) is 6.42 Å². The van der Waals surface area contributed by atoms with Gasteiger partial charge in [0, 0.05) is 49.5 Å². The number of furan rings is 1. The van der Waals surface area contributed by atoms with E-state index in [4.69, 9.17) is 15.3 Å². The topological polar surface area (TPSA) is 56.4 Å². The number of nitrogen functional groups attached to an aromatic ring is 1. The van der Waals surface area contributed by atoms with Crippen LogP contribution in [-0.2, 0) is 0 Å². The summed E-state index contributed by atoms with van der Waals surface area (Å²) in [6.07, 6.45) is 9.49. The van der Waals surface area contributed by atoms with Crippen LogP contribution >= 0.6 is 0 Å². The largest absolute Gasteiger partial charge is 0.455 e. The summed E-state index contributed by atoms with van der Waals surface area (Å²) in [5, 5.41) is 12.2. The van der Waals surface area contributed by atoms with Gasteiger partial charge in [0.05, 0.1) is 16.7 Å². The second-order valence-corrected chi connectivity index (χ2v) is 10.1. The summed E-state index contributed by atoms with van der Waals surface area (Å²) in [4.78, 5) is 0. The molecule has 5 aromatic carbocycles. The zero-order valence-corrected chi connectivity index (χ0v) is 21.2. The lowest BCUT2D eigenvalue weighted by atomic mass is 9.90. The number of benzene rings is 5. The highest BCUT2D eigenvalue weighted by Crippen LogP contribution is 2.45. The summed E-state index contributed by atoms with van der Waals surface area (Å²) in [5.41, 5.74) is 13.1. The molecule has 2 aromatic heterocycles. The predicted molar refractivity (Wildman–Crippen MR) is 163 cm³/mol. The van der Waals surface area contributed by atoms with E-state index in [0.29, 0.717) is 0 Å². The molecular formula is C35H25N3O. The van der Waals surface area contributed by atoms with Crippen molar-refractivity contribution in [1.29, 1.82) is 0 Å². The van der Waals surface area contributed by atoms with Crippen molar-refractivity contribution in [1.82, 2.24) is 4.68 Å². The average Bonchev–Trinajstić information content (AvgIpc) is 3.53. The normalized spacial score (nSPS) is 15.9. The third kappa shape index (κ3) is 3.21. The van der Waals surface area contributed by atoms with Gasteiger partial charge < -0.3 is 10.2 Å². The van der Waals surface area contributed by atoms with E-state index < -0.39 is 0 Å². The van der Waals surface area contributed by atoms with Crippen LogP contribution in [-0.4, -0.2) is 10.4 Å². The molecule has 39 heavy (non-hydrogen) atoms. The van der Waals surface area contributed by atoms with Gasteiger partial charge in [-0.05, 0) is 24.6 Å². The maximum absolute atomic E-state index is 6.55. The molecule has 0 fully saturated rings. The van der Waals surface area contributed by atoms with Gasteiger partial charge in [-0.15, -0.1) is 0 Å². The molecule has 0 aliphatic heterocycles. The average molecular weight is 504 g/mol. The minimum Gasteiger partial charge on any atom is -0.455 e. The Morgan fingerprint density at radius 3 is 2.28 bits per heavy atom. The molecule has 0 amide bonds. The van der Waals surface area contributed by atoms with Gasteiger partial charge in [-0.1, -0.05) is 103 Å². The van der Waals surface area contributed by atoms with Crippen LogP contribution in [0.3, 0.4) is 0 Å². The molecule has 1 aliphatic rings. The molecule has 1 aliphatic carbocycles. The number of anilines is 1.